The fraction of sp³-hybridized carbons (Fsp3) is 0.833. The van der Waals surface area contributed by atoms with Gasteiger partial charge in [0.2, 0.25) is 5.89 Å². The van der Waals surface area contributed by atoms with Gasteiger partial charge in [-0.1, -0.05) is 25.9 Å². The van der Waals surface area contributed by atoms with Crippen LogP contribution in [0.2, 0.25) is 0 Å². The molecule has 0 amide bonds. The SMILES string of the molecule is CC(c1noc(C(CN)CC(C)(C)C)n1)S(C)(=O)=O. The Bertz CT molecular complexity index is 517. The molecule has 7 heteroatoms. The predicted molar refractivity (Wildman–Crippen MR) is 73.4 cm³/mol. The maximum atomic E-state index is 11.5. The van der Waals surface area contributed by atoms with Gasteiger partial charge in [0.15, 0.2) is 15.7 Å². The standard InChI is InChI=1S/C12H23N3O3S/c1-8(19(5,16)17)10-14-11(18-15-10)9(7-13)6-12(2,3)4/h8-9H,6-7,13H2,1-5H3. The third-order valence-corrected chi connectivity index (χ3v) is 4.45. The van der Waals surface area contributed by atoms with Gasteiger partial charge in [0.25, 0.3) is 0 Å². The Morgan fingerprint density at radius 1 is 1.37 bits per heavy atom. The molecule has 6 nitrogen and oxygen atoms in total. The summed E-state index contributed by atoms with van der Waals surface area (Å²) in [5, 5.41) is 2.99. The average molecular weight is 289 g/mol. The van der Waals surface area contributed by atoms with E-state index in [9.17, 15) is 8.42 Å². The Labute approximate surface area is 114 Å². The number of hydrogen-bond acceptors (Lipinski definition) is 6. The summed E-state index contributed by atoms with van der Waals surface area (Å²) in [5.74, 6) is 0.570. The van der Waals surface area contributed by atoms with Crippen molar-refractivity contribution in [3.05, 3.63) is 11.7 Å². The van der Waals surface area contributed by atoms with Gasteiger partial charge in [0.05, 0.1) is 5.92 Å². The molecule has 1 aromatic heterocycles. The van der Waals surface area contributed by atoms with Crippen LogP contribution in [0.5, 0.6) is 0 Å². The fourth-order valence-corrected chi connectivity index (χ4v) is 2.26. The largest absolute Gasteiger partial charge is 0.339 e. The minimum atomic E-state index is -3.23. The van der Waals surface area contributed by atoms with E-state index in [1.807, 2.05) is 0 Å². The molecule has 2 N–H and O–H groups in total. The molecule has 0 radical (unpaired) electrons. The maximum absolute atomic E-state index is 11.5. The van der Waals surface area contributed by atoms with Gasteiger partial charge >= 0.3 is 0 Å². The first kappa shape index (κ1) is 16.1. The average Bonchev–Trinajstić information content (AvgIpc) is 2.71. The molecule has 1 heterocycles. The van der Waals surface area contributed by atoms with Crippen molar-refractivity contribution in [2.45, 2.75) is 45.3 Å². The summed E-state index contributed by atoms with van der Waals surface area (Å²) < 4.78 is 28.1. The minimum Gasteiger partial charge on any atom is -0.339 e. The number of nitrogens with two attached hydrogens (primary N) is 1. The summed E-state index contributed by atoms with van der Waals surface area (Å²) in [6.07, 6.45) is 1.96. The quantitative estimate of drug-likeness (QED) is 0.885. The zero-order valence-corrected chi connectivity index (χ0v) is 13.0. The topological polar surface area (TPSA) is 99.1 Å². The molecule has 19 heavy (non-hydrogen) atoms. The first-order valence-electron chi connectivity index (χ1n) is 6.27. The van der Waals surface area contributed by atoms with Gasteiger partial charge < -0.3 is 10.3 Å². The normalized spacial score (nSPS) is 16.3. The van der Waals surface area contributed by atoms with Crippen LogP contribution in [-0.2, 0) is 9.84 Å². The van der Waals surface area contributed by atoms with E-state index in [-0.39, 0.29) is 17.2 Å². The molecule has 0 spiro atoms. The van der Waals surface area contributed by atoms with Gasteiger partial charge in [-0.25, -0.2) is 8.42 Å². The Kier molecular flexibility index (Phi) is 4.73. The maximum Gasteiger partial charge on any atom is 0.231 e. The van der Waals surface area contributed by atoms with Crippen LogP contribution in [0.1, 0.15) is 57.0 Å². The Hall–Kier alpha value is -0.950. The van der Waals surface area contributed by atoms with Crippen molar-refractivity contribution >= 4 is 9.84 Å². The lowest BCUT2D eigenvalue weighted by molar-refractivity contribution is 0.286. The van der Waals surface area contributed by atoms with Crippen molar-refractivity contribution in [1.82, 2.24) is 10.1 Å². The second kappa shape index (κ2) is 5.58. The lowest BCUT2D eigenvalue weighted by Crippen LogP contribution is -2.20. The van der Waals surface area contributed by atoms with E-state index < -0.39 is 15.1 Å². The van der Waals surface area contributed by atoms with Crippen LogP contribution < -0.4 is 5.73 Å². The first-order chi connectivity index (χ1) is 8.54. The predicted octanol–water partition coefficient (Wildman–Crippen LogP) is 1.65. The molecule has 1 aromatic rings. The highest BCUT2D eigenvalue weighted by Gasteiger charge is 2.27. The monoisotopic (exact) mass is 289 g/mol. The highest BCUT2D eigenvalue weighted by molar-refractivity contribution is 7.90. The summed E-state index contributed by atoms with van der Waals surface area (Å²) in [6.45, 7) is 8.25. The summed E-state index contributed by atoms with van der Waals surface area (Å²) in [5.41, 5.74) is 5.82. The van der Waals surface area contributed by atoms with Crippen LogP contribution >= 0.6 is 0 Å². The van der Waals surface area contributed by atoms with E-state index in [0.717, 1.165) is 12.7 Å². The minimum absolute atomic E-state index is 0.0481. The second-order valence-electron chi connectivity index (χ2n) is 6.16. The third kappa shape index (κ3) is 4.58. The van der Waals surface area contributed by atoms with Crippen molar-refractivity contribution < 1.29 is 12.9 Å². The number of sulfone groups is 1. The van der Waals surface area contributed by atoms with Crippen LogP contribution in [0.4, 0.5) is 0 Å². The number of rotatable bonds is 5. The van der Waals surface area contributed by atoms with E-state index in [0.29, 0.717) is 12.4 Å². The third-order valence-electron chi connectivity index (χ3n) is 2.96. The molecule has 0 saturated heterocycles. The lowest BCUT2D eigenvalue weighted by Gasteiger charge is -2.22. The Morgan fingerprint density at radius 3 is 2.37 bits per heavy atom. The fourth-order valence-electron chi connectivity index (χ4n) is 1.78. The van der Waals surface area contributed by atoms with Crippen molar-refractivity contribution in [2.75, 3.05) is 12.8 Å². The van der Waals surface area contributed by atoms with Gasteiger partial charge in [0, 0.05) is 12.8 Å². The summed E-state index contributed by atoms with van der Waals surface area (Å²) in [4.78, 5) is 4.20. The van der Waals surface area contributed by atoms with Crippen LogP contribution in [0, 0.1) is 5.41 Å². The molecule has 110 valence electrons. The van der Waals surface area contributed by atoms with Crippen LogP contribution in [0.3, 0.4) is 0 Å². The number of hydrogen-bond donors (Lipinski definition) is 1. The molecule has 0 bridgehead atoms. The van der Waals surface area contributed by atoms with Gasteiger partial charge in [-0.05, 0) is 18.8 Å². The number of aromatic nitrogens is 2. The summed E-state index contributed by atoms with van der Waals surface area (Å²) in [6, 6.07) is 0. The molecule has 0 aromatic carbocycles. The second-order valence-corrected chi connectivity index (χ2v) is 8.53. The zero-order chi connectivity index (χ0) is 14.8. The van der Waals surface area contributed by atoms with E-state index in [4.69, 9.17) is 10.3 Å². The molecule has 2 unspecified atom stereocenters. The molecule has 0 fully saturated rings. The van der Waals surface area contributed by atoms with Gasteiger partial charge in [-0.3, -0.25) is 0 Å². The van der Waals surface area contributed by atoms with Crippen LogP contribution in [0.25, 0.3) is 0 Å². The van der Waals surface area contributed by atoms with Crippen LogP contribution in [0.15, 0.2) is 4.52 Å². The van der Waals surface area contributed by atoms with Crippen molar-refractivity contribution in [2.24, 2.45) is 11.1 Å². The van der Waals surface area contributed by atoms with Crippen LogP contribution in [-0.4, -0.2) is 31.4 Å². The van der Waals surface area contributed by atoms with E-state index >= 15 is 0 Å². The van der Waals surface area contributed by atoms with E-state index in [1.54, 1.807) is 6.92 Å². The van der Waals surface area contributed by atoms with Gasteiger partial charge in [-0.2, -0.15) is 4.98 Å². The lowest BCUT2D eigenvalue weighted by atomic mass is 9.84. The highest BCUT2D eigenvalue weighted by atomic mass is 32.2. The molecule has 0 aliphatic heterocycles. The van der Waals surface area contributed by atoms with Crippen molar-refractivity contribution in [3.8, 4) is 0 Å². The Morgan fingerprint density at radius 2 is 1.95 bits per heavy atom. The summed E-state index contributed by atoms with van der Waals surface area (Å²) in [7, 11) is -3.23. The Balaban J connectivity index is 2.95. The summed E-state index contributed by atoms with van der Waals surface area (Å²) >= 11 is 0. The smallest absolute Gasteiger partial charge is 0.231 e. The molecule has 0 saturated carbocycles. The number of nitrogens with zero attached hydrogens (tertiary/aromatic N) is 2. The highest BCUT2D eigenvalue weighted by Crippen LogP contribution is 2.30. The van der Waals surface area contributed by atoms with Crippen molar-refractivity contribution in [3.63, 3.8) is 0 Å². The molecular weight excluding hydrogens is 266 g/mol. The molecule has 1 rings (SSSR count). The molecule has 0 aliphatic rings. The van der Waals surface area contributed by atoms with Gasteiger partial charge in [-0.15, -0.1) is 0 Å². The molecule has 0 aliphatic carbocycles. The molecule has 2 atom stereocenters. The molecular formula is C12H23N3O3S. The van der Waals surface area contributed by atoms with E-state index in [2.05, 4.69) is 30.9 Å². The zero-order valence-electron chi connectivity index (χ0n) is 12.2. The first-order valence-corrected chi connectivity index (χ1v) is 8.22. The van der Waals surface area contributed by atoms with Crippen molar-refractivity contribution in [1.29, 1.82) is 0 Å². The van der Waals surface area contributed by atoms with Gasteiger partial charge in [0.1, 0.15) is 5.25 Å². The van der Waals surface area contributed by atoms with E-state index in [1.165, 1.54) is 0 Å².